The molecule has 0 saturated heterocycles. The minimum Gasteiger partial charge on any atom is -0.447 e. The van der Waals surface area contributed by atoms with Crippen LogP contribution >= 0.6 is 0 Å². The van der Waals surface area contributed by atoms with Crippen molar-refractivity contribution in [2.75, 3.05) is 31.0 Å². The Bertz CT molecular complexity index is 981. The fourth-order valence-corrected chi connectivity index (χ4v) is 2.97. The quantitative estimate of drug-likeness (QED) is 0.542. The molecule has 0 aliphatic carbocycles. The van der Waals surface area contributed by atoms with Crippen molar-refractivity contribution in [2.24, 2.45) is 0 Å². The second-order valence-corrected chi connectivity index (χ2v) is 6.33. The first-order chi connectivity index (χ1) is 13.6. The summed E-state index contributed by atoms with van der Waals surface area (Å²) >= 11 is 0. The number of benzene rings is 2. The fourth-order valence-electron chi connectivity index (χ4n) is 2.97. The predicted molar refractivity (Wildman–Crippen MR) is 109 cm³/mol. The number of aromatic amines is 1. The zero-order valence-electron chi connectivity index (χ0n) is 15.9. The molecule has 0 bridgehead atoms. The van der Waals surface area contributed by atoms with Gasteiger partial charge < -0.3 is 19.8 Å². The Morgan fingerprint density at radius 3 is 2.54 bits per heavy atom. The molecule has 3 N–H and O–H groups in total. The van der Waals surface area contributed by atoms with Gasteiger partial charge in [-0.15, -0.1) is 0 Å². The van der Waals surface area contributed by atoms with E-state index in [4.69, 9.17) is 9.47 Å². The van der Waals surface area contributed by atoms with Gasteiger partial charge in [0.25, 0.3) is 0 Å². The molecule has 7 nitrogen and oxygen atoms in total. The highest BCUT2D eigenvalue weighted by Gasteiger charge is 2.13. The van der Waals surface area contributed by atoms with Crippen LogP contribution in [0.4, 0.5) is 16.2 Å². The molecule has 0 aliphatic rings. The highest BCUT2D eigenvalue weighted by Crippen LogP contribution is 2.23. The van der Waals surface area contributed by atoms with Crippen LogP contribution in [0.25, 0.3) is 10.9 Å². The molecule has 7 heteroatoms. The summed E-state index contributed by atoms with van der Waals surface area (Å²) in [6.07, 6.45) is -0.318. The van der Waals surface area contributed by atoms with E-state index in [-0.39, 0.29) is 18.9 Å². The summed E-state index contributed by atoms with van der Waals surface area (Å²) in [5.74, 6) is -0.132. The average Bonchev–Trinajstić information content (AvgIpc) is 2.97. The lowest BCUT2D eigenvalue weighted by atomic mass is 10.1. The first-order valence-corrected chi connectivity index (χ1v) is 8.95. The zero-order chi connectivity index (χ0) is 19.9. The first-order valence-electron chi connectivity index (χ1n) is 8.95. The summed E-state index contributed by atoms with van der Waals surface area (Å²) in [6, 6.07) is 14.8. The summed E-state index contributed by atoms with van der Waals surface area (Å²) in [4.78, 5) is 27.5. The van der Waals surface area contributed by atoms with E-state index < -0.39 is 6.09 Å². The number of rotatable bonds is 7. The van der Waals surface area contributed by atoms with E-state index in [1.807, 2.05) is 31.2 Å². The normalized spacial score (nSPS) is 10.6. The van der Waals surface area contributed by atoms with Gasteiger partial charge in [0, 0.05) is 35.1 Å². The Labute approximate surface area is 163 Å². The maximum Gasteiger partial charge on any atom is 0.411 e. The maximum absolute atomic E-state index is 12.5. The summed E-state index contributed by atoms with van der Waals surface area (Å²) in [5, 5.41) is 6.54. The van der Waals surface area contributed by atoms with Gasteiger partial charge in [0.15, 0.2) is 0 Å². The van der Waals surface area contributed by atoms with E-state index in [1.165, 1.54) is 7.11 Å². The topological polar surface area (TPSA) is 92.4 Å². The van der Waals surface area contributed by atoms with E-state index in [0.717, 1.165) is 22.2 Å². The van der Waals surface area contributed by atoms with Crippen molar-refractivity contribution in [2.45, 2.75) is 13.3 Å². The number of carbonyl (C=O) groups excluding carboxylic acids is 2. The molecule has 2 aromatic carbocycles. The molecule has 146 valence electrons. The first kappa shape index (κ1) is 19.4. The third-order valence-electron chi connectivity index (χ3n) is 4.28. The van der Waals surface area contributed by atoms with Crippen molar-refractivity contribution in [3.63, 3.8) is 0 Å². The molecule has 0 aliphatic heterocycles. The molecule has 28 heavy (non-hydrogen) atoms. The maximum atomic E-state index is 12.5. The Morgan fingerprint density at radius 1 is 1.00 bits per heavy atom. The molecule has 2 amide bonds. The number of H-pyrrole nitrogens is 1. The second kappa shape index (κ2) is 9.05. The summed E-state index contributed by atoms with van der Waals surface area (Å²) in [5.41, 5.74) is 4.09. The van der Waals surface area contributed by atoms with E-state index in [9.17, 15) is 9.59 Å². The van der Waals surface area contributed by atoms with E-state index in [2.05, 4.69) is 15.6 Å². The van der Waals surface area contributed by atoms with Gasteiger partial charge in [0.1, 0.15) is 6.61 Å². The molecule has 1 aromatic heterocycles. The number of anilines is 2. The lowest BCUT2D eigenvalue weighted by molar-refractivity contribution is -0.115. The average molecular weight is 381 g/mol. The Kier molecular flexibility index (Phi) is 6.29. The monoisotopic (exact) mass is 381 g/mol. The fraction of sp³-hybridized carbons (Fsp3) is 0.238. The smallest absolute Gasteiger partial charge is 0.411 e. The van der Waals surface area contributed by atoms with Crippen LogP contribution in [0.3, 0.4) is 0 Å². The number of hydrogen-bond acceptors (Lipinski definition) is 4. The van der Waals surface area contributed by atoms with Crippen molar-refractivity contribution < 1.29 is 19.1 Å². The number of amides is 2. The molecule has 0 saturated carbocycles. The Hall–Kier alpha value is -3.32. The standard InChI is InChI=1S/C21H23N3O4/c1-14-18(17-8-3-4-9-19(17)22-14)13-20(25)23-15-6-5-7-16(12-15)24-21(26)28-11-10-27-2/h3-9,12,22H,10-11,13H2,1-2H3,(H,23,25)(H,24,26). The Balaban J connectivity index is 1.62. The van der Waals surface area contributed by atoms with E-state index in [0.29, 0.717) is 18.0 Å². The van der Waals surface area contributed by atoms with E-state index in [1.54, 1.807) is 24.3 Å². The van der Waals surface area contributed by atoms with Gasteiger partial charge in [-0.25, -0.2) is 4.79 Å². The minimum atomic E-state index is -0.574. The third kappa shape index (κ3) is 4.89. The van der Waals surface area contributed by atoms with Gasteiger partial charge in [0.2, 0.25) is 5.91 Å². The van der Waals surface area contributed by atoms with Crippen LogP contribution in [0.1, 0.15) is 11.3 Å². The number of para-hydroxylation sites is 1. The molecular weight excluding hydrogens is 358 g/mol. The van der Waals surface area contributed by atoms with Crippen LogP contribution in [0.15, 0.2) is 48.5 Å². The molecule has 0 spiro atoms. The molecule has 0 atom stereocenters. The Morgan fingerprint density at radius 2 is 1.75 bits per heavy atom. The molecule has 0 unspecified atom stereocenters. The largest absolute Gasteiger partial charge is 0.447 e. The van der Waals surface area contributed by atoms with Crippen molar-refractivity contribution in [1.82, 2.24) is 4.98 Å². The highest BCUT2D eigenvalue weighted by atomic mass is 16.6. The molecule has 0 radical (unpaired) electrons. The number of ether oxygens (including phenoxy) is 2. The SMILES string of the molecule is COCCOC(=O)Nc1cccc(NC(=O)Cc2c(C)[nH]c3ccccc23)c1. The second-order valence-electron chi connectivity index (χ2n) is 6.33. The number of aromatic nitrogens is 1. The zero-order valence-corrected chi connectivity index (χ0v) is 15.9. The molecule has 0 fully saturated rings. The lowest BCUT2D eigenvalue weighted by Gasteiger charge is -2.09. The van der Waals surface area contributed by atoms with Gasteiger partial charge in [-0.2, -0.15) is 0 Å². The van der Waals surface area contributed by atoms with Crippen LogP contribution in [0.2, 0.25) is 0 Å². The van der Waals surface area contributed by atoms with Crippen molar-refractivity contribution in [1.29, 1.82) is 0 Å². The van der Waals surface area contributed by atoms with Crippen LogP contribution < -0.4 is 10.6 Å². The predicted octanol–water partition coefficient (Wildman–Crippen LogP) is 3.85. The van der Waals surface area contributed by atoms with Crippen LogP contribution in [0.5, 0.6) is 0 Å². The van der Waals surface area contributed by atoms with Gasteiger partial charge in [-0.1, -0.05) is 24.3 Å². The summed E-state index contributed by atoms with van der Waals surface area (Å²) in [7, 11) is 1.53. The number of methoxy groups -OCH3 is 1. The van der Waals surface area contributed by atoms with Gasteiger partial charge in [-0.3, -0.25) is 10.1 Å². The highest BCUT2D eigenvalue weighted by molar-refractivity contribution is 5.97. The van der Waals surface area contributed by atoms with Crippen LogP contribution in [0, 0.1) is 6.92 Å². The number of carbonyl (C=O) groups is 2. The van der Waals surface area contributed by atoms with Crippen molar-refractivity contribution in [3.05, 3.63) is 59.8 Å². The molecular formula is C21H23N3O4. The molecule has 3 rings (SSSR count). The number of aryl methyl sites for hydroxylation is 1. The minimum absolute atomic E-state index is 0.132. The molecule has 3 aromatic rings. The number of hydrogen-bond donors (Lipinski definition) is 3. The third-order valence-corrected chi connectivity index (χ3v) is 4.28. The van der Waals surface area contributed by atoms with Gasteiger partial charge >= 0.3 is 6.09 Å². The van der Waals surface area contributed by atoms with Crippen molar-refractivity contribution in [3.8, 4) is 0 Å². The van der Waals surface area contributed by atoms with Gasteiger partial charge in [0.05, 0.1) is 13.0 Å². The molecule has 1 heterocycles. The summed E-state index contributed by atoms with van der Waals surface area (Å²) < 4.78 is 9.79. The van der Waals surface area contributed by atoms with Crippen LogP contribution in [-0.4, -0.2) is 37.3 Å². The summed E-state index contributed by atoms with van der Waals surface area (Å²) in [6.45, 7) is 2.46. The number of nitrogens with one attached hydrogen (secondary N) is 3. The van der Waals surface area contributed by atoms with Gasteiger partial charge in [-0.05, 0) is 36.8 Å². The van der Waals surface area contributed by atoms with E-state index >= 15 is 0 Å². The number of fused-ring (bicyclic) bond motifs is 1. The lowest BCUT2D eigenvalue weighted by Crippen LogP contribution is -2.17. The van der Waals surface area contributed by atoms with Crippen LogP contribution in [-0.2, 0) is 20.7 Å². The van der Waals surface area contributed by atoms with Crippen molar-refractivity contribution >= 4 is 34.3 Å².